The van der Waals surface area contributed by atoms with Crippen LogP contribution in [0.25, 0.3) is 0 Å². The number of hydrogen-bond donors (Lipinski definition) is 2. The first kappa shape index (κ1) is 32.1. The molecule has 0 spiro atoms. The van der Waals surface area contributed by atoms with Gasteiger partial charge in [-0.2, -0.15) is 0 Å². The van der Waals surface area contributed by atoms with Crippen LogP contribution in [-0.2, 0) is 30.4 Å². The van der Waals surface area contributed by atoms with Crippen molar-refractivity contribution in [3.8, 4) is 11.5 Å². The predicted molar refractivity (Wildman–Crippen MR) is 150 cm³/mol. The molecule has 0 aliphatic heterocycles. The van der Waals surface area contributed by atoms with Gasteiger partial charge in [-0.1, -0.05) is 42.5 Å². The van der Waals surface area contributed by atoms with E-state index in [1.54, 1.807) is 24.3 Å². The number of hydrogen-bond acceptors (Lipinski definition) is 8. The maximum Gasteiger partial charge on any atom is 0.331 e. The Morgan fingerprint density at radius 1 is 0.950 bits per heavy atom. The van der Waals surface area contributed by atoms with Crippen molar-refractivity contribution in [1.82, 2.24) is 10.6 Å². The summed E-state index contributed by atoms with van der Waals surface area (Å²) >= 11 is 0. The lowest BCUT2D eigenvalue weighted by molar-refractivity contribution is -0.151. The fourth-order valence-electron chi connectivity index (χ4n) is 3.47. The third kappa shape index (κ3) is 10.9. The number of ether oxygens (including phenoxy) is 5. The average Bonchev–Trinajstić information content (AvgIpc) is 2.97. The van der Waals surface area contributed by atoms with Gasteiger partial charge in [0.2, 0.25) is 5.91 Å². The number of amides is 2. The lowest BCUT2D eigenvalue weighted by atomic mass is 10.1. The minimum absolute atomic E-state index is 0.0266. The van der Waals surface area contributed by atoms with Gasteiger partial charge in [0.1, 0.15) is 24.1 Å². The van der Waals surface area contributed by atoms with E-state index >= 15 is 0 Å². The number of esters is 1. The van der Waals surface area contributed by atoms with E-state index in [1.165, 1.54) is 20.3 Å². The van der Waals surface area contributed by atoms with Crippen molar-refractivity contribution in [2.75, 3.05) is 40.6 Å². The van der Waals surface area contributed by atoms with Crippen molar-refractivity contribution < 1.29 is 38.1 Å². The van der Waals surface area contributed by atoms with E-state index in [4.69, 9.17) is 23.7 Å². The molecule has 40 heavy (non-hydrogen) atoms. The van der Waals surface area contributed by atoms with E-state index in [0.717, 1.165) is 12.0 Å². The third-order valence-corrected chi connectivity index (χ3v) is 5.54. The zero-order chi connectivity index (χ0) is 29.2. The lowest BCUT2D eigenvalue weighted by Crippen LogP contribution is -2.54. The minimum atomic E-state index is -1.13. The van der Waals surface area contributed by atoms with E-state index in [1.807, 2.05) is 30.3 Å². The maximum atomic E-state index is 13.2. The molecule has 10 heteroatoms. The predicted octanol–water partition coefficient (Wildman–Crippen LogP) is 3.22. The van der Waals surface area contributed by atoms with Gasteiger partial charge in [0, 0.05) is 13.2 Å². The minimum Gasteiger partial charge on any atom is -0.497 e. The summed E-state index contributed by atoms with van der Waals surface area (Å²) in [5.41, 5.74) is 1.00. The molecule has 2 N–H and O–H groups in total. The quantitative estimate of drug-likeness (QED) is 0.154. The Kier molecular flexibility index (Phi) is 14.6. The van der Waals surface area contributed by atoms with Gasteiger partial charge < -0.3 is 34.3 Å². The standard InChI is InChI=1S/C30H38N2O8/c1-5-7-11-17-39-27-18-23(37-4)14-15-24(27)28(33)31-25(20-36-3)29(34)32-26(21-38-16-6-2)30(35)40-19-22-12-9-8-10-13-22/h5-6,8-10,12-15,18,25-26H,1-2,7,11,16-17,19-21H2,3-4H3,(H,31,33)(H,32,34)/t25-,26-/m0/s1. The third-order valence-electron chi connectivity index (χ3n) is 5.54. The van der Waals surface area contributed by atoms with Gasteiger partial charge in [-0.25, -0.2) is 4.79 Å². The highest BCUT2D eigenvalue weighted by molar-refractivity contribution is 6.00. The molecule has 0 radical (unpaired) electrons. The van der Waals surface area contributed by atoms with Crippen LogP contribution in [0.4, 0.5) is 0 Å². The summed E-state index contributed by atoms with van der Waals surface area (Å²) in [6, 6.07) is 11.6. The molecule has 0 bridgehead atoms. The Labute approximate surface area is 235 Å². The second-order valence-corrected chi connectivity index (χ2v) is 8.60. The monoisotopic (exact) mass is 554 g/mol. The number of carbonyl (C=O) groups excluding carboxylic acids is 3. The number of rotatable bonds is 19. The first-order valence-electron chi connectivity index (χ1n) is 12.8. The Morgan fingerprint density at radius 2 is 1.73 bits per heavy atom. The van der Waals surface area contributed by atoms with Crippen LogP contribution in [0.1, 0.15) is 28.8 Å². The molecule has 2 aromatic rings. The van der Waals surface area contributed by atoms with Crippen molar-refractivity contribution >= 4 is 17.8 Å². The van der Waals surface area contributed by atoms with Crippen molar-refractivity contribution in [3.05, 3.63) is 85.0 Å². The van der Waals surface area contributed by atoms with Gasteiger partial charge in [-0.15, -0.1) is 13.2 Å². The highest BCUT2D eigenvalue weighted by Gasteiger charge is 2.29. The molecule has 2 aromatic carbocycles. The fourth-order valence-corrected chi connectivity index (χ4v) is 3.47. The molecule has 0 unspecified atom stereocenters. The van der Waals surface area contributed by atoms with Crippen LogP contribution < -0.4 is 20.1 Å². The van der Waals surface area contributed by atoms with Gasteiger partial charge >= 0.3 is 5.97 Å². The molecule has 0 saturated carbocycles. The molecule has 10 nitrogen and oxygen atoms in total. The van der Waals surface area contributed by atoms with Crippen molar-refractivity contribution in [2.45, 2.75) is 31.5 Å². The summed E-state index contributed by atoms with van der Waals surface area (Å²) in [5.74, 6) is -1.09. The van der Waals surface area contributed by atoms with E-state index in [0.29, 0.717) is 24.5 Å². The molecule has 0 aromatic heterocycles. The van der Waals surface area contributed by atoms with Crippen LogP contribution in [0.3, 0.4) is 0 Å². The largest absolute Gasteiger partial charge is 0.497 e. The number of methoxy groups -OCH3 is 2. The molecular weight excluding hydrogens is 516 g/mol. The number of carbonyl (C=O) groups is 3. The highest BCUT2D eigenvalue weighted by atomic mass is 16.5. The second-order valence-electron chi connectivity index (χ2n) is 8.60. The summed E-state index contributed by atoms with van der Waals surface area (Å²) in [5, 5.41) is 5.27. The first-order chi connectivity index (χ1) is 19.4. The van der Waals surface area contributed by atoms with E-state index in [9.17, 15) is 14.4 Å². The molecule has 2 rings (SSSR count). The van der Waals surface area contributed by atoms with Crippen LogP contribution in [0.15, 0.2) is 73.8 Å². The van der Waals surface area contributed by atoms with Gasteiger partial charge in [-0.3, -0.25) is 9.59 Å². The average molecular weight is 555 g/mol. The Bertz CT molecular complexity index is 1110. The van der Waals surface area contributed by atoms with Crippen LogP contribution in [0.2, 0.25) is 0 Å². The lowest BCUT2D eigenvalue weighted by Gasteiger charge is -2.23. The molecule has 0 fully saturated rings. The molecule has 2 amide bonds. The van der Waals surface area contributed by atoms with Crippen molar-refractivity contribution in [2.24, 2.45) is 0 Å². The van der Waals surface area contributed by atoms with Crippen LogP contribution in [0.5, 0.6) is 11.5 Å². The SMILES string of the molecule is C=CCCCOc1cc(OC)ccc1C(=O)N[C@@H](COC)C(=O)N[C@@H](COCC=C)C(=O)OCc1ccccc1. The molecular formula is C30H38N2O8. The van der Waals surface area contributed by atoms with E-state index < -0.39 is 29.9 Å². The van der Waals surface area contributed by atoms with Gasteiger partial charge in [0.15, 0.2) is 6.04 Å². The van der Waals surface area contributed by atoms with E-state index in [-0.39, 0.29) is 32.0 Å². The molecule has 2 atom stereocenters. The Hall–Kier alpha value is -4.15. The first-order valence-corrected chi connectivity index (χ1v) is 12.8. The highest BCUT2D eigenvalue weighted by Crippen LogP contribution is 2.25. The smallest absolute Gasteiger partial charge is 0.331 e. The van der Waals surface area contributed by atoms with Gasteiger partial charge in [0.05, 0.1) is 39.1 Å². The molecule has 0 aliphatic rings. The zero-order valence-corrected chi connectivity index (χ0v) is 23.1. The van der Waals surface area contributed by atoms with Crippen LogP contribution in [0, 0.1) is 0 Å². The summed E-state index contributed by atoms with van der Waals surface area (Å²) < 4.78 is 27.0. The number of unbranched alkanes of at least 4 members (excludes halogenated alkanes) is 1. The molecule has 216 valence electrons. The summed E-state index contributed by atoms with van der Waals surface area (Å²) in [7, 11) is 2.91. The van der Waals surface area contributed by atoms with Gasteiger partial charge in [-0.05, 0) is 30.5 Å². The number of nitrogens with one attached hydrogen (secondary N) is 2. The normalized spacial score (nSPS) is 11.9. The second kappa shape index (κ2) is 18.2. The summed E-state index contributed by atoms with van der Waals surface area (Å²) in [6.45, 7) is 7.53. The topological polar surface area (TPSA) is 121 Å². The van der Waals surface area contributed by atoms with E-state index in [2.05, 4.69) is 23.8 Å². The summed E-state index contributed by atoms with van der Waals surface area (Å²) in [4.78, 5) is 39.3. The number of allylic oxidation sites excluding steroid dienone is 1. The van der Waals surface area contributed by atoms with Crippen LogP contribution in [-0.4, -0.2) is 70.5 Å². The molecule has 0 aliphatic carbocycles. The fraction of sp³-hybridized carbons (Fsp3) is 0.367. The van der Waals surface area contributed by atoms with Crippen molar-refractivity contribution in [1.29, 1.82) is 0 Å². The van der Waals surface area contributed by atoms with Crippen LogP contribution >= 0.6 is 0 Å². The molecule has 0 saturated heterocycles. The van der Waals surface area contributed by atoms with Crippen molar-refractivity contribution in [3.63, 3.8) is 0 Å². The number of benzene rings is 2. The molecule has 0 heterocycles. The zero-order valence-electron chi connectivity index (χ0n) is 23.1. The Balaban J connectivity index is 2.13. The summed E-state index contributed by atoms with van der Waals surface area (Å²) in [6.07, 6.45) is 4.77. The Morgan fingerprint density at radius 3 is 2.40 bits per heavy atom. The van der Waals surface area contributed by atoms with Gasteiger partial charge in [0.25, 0.3) is 5.91 Å². The maximum absolute atomic E-state index is 13.2.